The van der Waals surface area contributed by atoms with E-state index >= 15 is 0 Å². The van der Waals surface area contributed by atoms with Gasteiger partial charge in [-0.25, -0.2) is 12.7 Å². The number of nitrogens with one attached hydrogen (secondary N) is 2. The highest BCUT2D eigenvalue weighted by Crippen LogP contribution is 2.27. The van der Waals surface area contributed by atoms with Gasteiger partial charge in [-0.1, -0.05) is 6.07 Å². The first kappa shape index (κ1) is 26.1. The smallest absolute Gasteiger partial charge is 0.215 e. The van der Waals surface area contributed by atoms with Crippen LogP contribution in [0.5, 0.6) is 11.5 Å². The van der Waals surface area contributed by atoms with Crippen LogP contribution in [-0.2, 0) is 16.4 Å². The molecular formula is C18H31IN4O4S2. The highest BCUT2D eigenvalue weighted by atomic mass is 127. The van der Waals surface area contributed by atoms with Gasteiger partial charge >= 0.3 is 0 Å². The van der Waals surface area contributed by atoms with E-state index in [1.165, 1.54) is 0 Å². The Bertz CT molecular complexity index is 756. The Labute approximate surface area is 195 Å². The van der Waals surface area contributed by atoms with Gasteiger partial charge in [-0.2, -0.15) is 11.8 Å². The lowest BCUT2D eigenvalue weighted by atomic mass is 10.1. The molecule has 1 saturated heterocycles. The number of sulfonamides is 1. The van der Waals surface area contributed by atoms with Crippen molar-refractivity contribution in [1.29, 1.82) is 0 Å². The Morgan fingerprint density at radius 3 is 2.41 bits per heavy atom. The Hall–Kier alpha value is -0.920. The van der Waals surface area contributed by atoms with Gasteiger partial charge in [0.2, 0.25) is 10.0 Å². The predicted octanol–water partition coefficient (Wildman–Crippen LogP) is 1.41. The average Bonchev–Trinajstić information content (AvgIpc) is 2.73. The summed E-state index contributed by atoms with van der Waals surface area (Å²) < 4.78 is 36.9. The van der Waals surface area contributed by atoms with Crippen molar-refractivity contribution in [3.05, 3.63) is 23.8 Å². The van der Waals surface area contributed by atoms with Crippen LogP contribution in [0.2, 0.25) is 0 Å². The fourth-order valence-electron chi connectivity index (χ4n) is 2.83. The number of methoxy groups -OCH3 is 2. The molecule has 0 radical (unpaired) electrons. The fraction of sp³-hybridized carbons (Fsp3) is 0.611. The number of thioether (sulfide) groups is 1. The predicted molar refractivity (Wildman–Crippen MR) is 131 cm³/mol. The number of nitrogens with zero attached hydrogens (tertiary/aromatic N) is 2. The zero-order valence-electron chi connectivity index (χ0n) is 17.1. The molecule has 11 heteroatoms. The number of ether oxygens (including phenoxy) is 2. The number of guanidine groups is 1. The van der Waals surface area contributed by atoms with Crippen LogP contribution in [0.1, 0.15) is 5.56 Å². The van der Waals surface area contributed by atoms with E-state index in [-0.39, 0.29) is 29.7 Å². The molecule has 1 aromatic carbocycles. The van der Waals surface area contributed by atoms with Gasteiger partial charge in [-0.3, -0.25) is 4.99 Å². The first-order valence-electron chi connectivity index (χ1n) is 9.21. The molecule has 29 heavy (non-hydrogen) atoms. The van der Waals surface area contributed by atoms with Crippen LogP contribution in [0.4, 0.5) is 0 Å². The van der Waals surface area contributed by atoms with Crippen molar-refractivity contribution in [3.63, 3.8) is 0 Å². The second-order valence-corrected chi connectivity index (χ2v) is 9.51. The summed E-state index contributed by atoms with van der Waals surface area (Å²) in [5.41, 5.74) is 1.10. The molecule has 0 spiro atoms. The van der Waals surface area contributed by atoms with Crippen LogP contribution in [-0.4, -0.2) is 83.4 Å². The molecule has 0 unspecified atom stereocenters. The van der Waals surface area contributed by atoms with Gasteiger partial charge in [-0.15, -0.1) is 24.0 Å². The minimum absolute atomic E-state index is 0. The second kappa shape index (κ2) is 13.4. The third-order valence-corrected chi connectivity index (χ3v) is 7.21. The quantitative estimate of drug-likeness (QED) is 0.269. The Morgan fingerprint density at radius 2 is 1.79 bits per heavy atom. The van der Waals surface area contributed by atoms with Crippen LogP contribution in [0.3, 0.4) is 0 Å². The van der Waals surface area contributed by atoms with Gasteiger partial charge in [0.15, 0.2) is 17.5 Å². The number of hydrogen-bond acceptors (Lipinski definition) is 6. The van der Waals surface area contributed by atoms with E-state index in [0.717, 1.165) is 23.5 Å². The monoisotopic (exact) mass is 558 g/mol. The van der Waals surface area contributed by atoms with E-state index in [0.29, 0.717) is 43.6 Å². The molecule has 1 fully saturated rings. The number of halogens is 1. The SMILES string of the molecule is CN=C(NCCc1ccc(OC)c(OC)c1)NCCS(=O)(=O)N1CCSCC1.I. The molecular weight excluding hydrogens is 527 g/mol. The number of rotatable bonds is 9. The largest absolute Gasteiger partial charge is 0.493 e. The molecule has 0 aliphatic carbocycles. The molecule has 1 aliphatic rings. The first-order valence-corrected chi connectivity index (χ1v) is 12.0. The minimum Gasteiger partial charge on any atom is -0.493 e. The molecule has 0 atom stereocenters. The van der Waals surface area contributed by atoms with Gasteiger partial charge in [0.05, 0.1) is 20.0 Å². The minimum atomic E-state index is -3.22. The molecule has 0 saturated carbocycles. The number of aliphatic imine (C=N–C) groups is 1. The van der Waals surface area contributed by atoms with Crippen LogP contribution >= 0.6 is 35.7 Å². The number of hydrogen-bond donors (Lipinski definition) is 2. The van der Waals surface area contributed by atoms with E-state index in [1.54, 1.807) is 37.3 Å². The van der Waals surface area contributed by atoms with Crippen molar-refractivity contribution in [1.82, 2.24) is 14.9 Å². The van der Waals surface area contributed by atoms with Gasteiger partial charge in [0.1, 0.15) is 0 Å². The summed E-state index contributed by atoms with van der Waals surface area (Å²) in [6.07, 6.45) is 0.769. The Balaban J connectivity index is 0.00000420. The molecule has 2 N–H and O–H groups in total. The van der Waals surface area contributed by atoms with Crippen molar-refractivity contribution in [3.8, 4) is 11.5 Å². The number of benzene rings is 1. The topological polar surface area (TPSA) is 92.3 Å². The van der Waals surface area contributed by atoms with Gasteiger partial charge in [0, 0.05) is 44.7 Å². The normalized spacial score (nSPS) is 15.3. The lowest BCUT2D eigenvalue weighted by Crippen LogP contribution is -2.44. The summed E-state index contributed by atoms with van der Waals surface area (Å²) in [5.74, 6) is 3.78. The Kier molecular flexibility index (Phi) is 12.1. The van der Waals surface area contributed by atoms with E-state index in [4.69, 9.17) is 9.47 Å². The van der Waals surface area contributed by atoms with Crippen LogP contribution in [0, 0.1) is 0 Å². The maximum absolute atomic E-state index is 12.4. The van der Waals surface area contributed by atoms with Crippen molar-refractivity contribution in [2.75, 3.05) is 64.7 Å². The van der Waals surface area contributed by atoms with Crippen LogP contribution in [0.15, 0.2) is 23.2 Å². The van der Waals surface area contributed by atoms with Crippen molar-refractivity contribution in [2.24, 2.45) is 4.99 Å². The van der Waals surface area contributed by atoms with E-state index in [9.17, 15) is 8.42 Å². The zero-order valence-corrected chi connectivity index (χ0v) is 21.1. The van der Waals surface area contributed by atoms with E-state index in [1.807, 2.05) is 18.2 Å². The molecule has 1 aliphatic heterocycles. The fourth-order valence-corrected chi connectivity index (χ4v) is 5.33. The molecule has 0 aromatic heterocycles. The molecule has 1 aromatic rings. The Morgan fingerprint density at radius 1 is 1.14 bits per heavy atom. The third-order valence-electron chi connectivity index (χ3n) is 4.39. The summed E-state index contributed by atoms with van der Waals surface area (Å²) >= 11 is 1.79. The third kappa shape index (κ3) is 8.38. The van der Waals surface area contributed by atoms with Gasteiger partial charge < -0.3 is 20.1 Å². The second-order valence-electron chi connectivity index (χ2n) is 6.19. The molecule has 1 heterocycles. The van der Waals surface area contributed by atoms with Gasteiger partial charge in [0.25, 0.3) is 0 Å². The van der Waals surface area contributed by atoms with Crippen LogP contribution in [0.25, 0.3) is 0 Å². The molecule has 0 amide bonds. The summed E-state index contributed by atoms with van der Waals surface area (Å²) in [4.78, 5) is 4.15. The van der Waals surface area contributed by atoms with Crippen molar-refractivity contribution >= 4 is 51.7 Å². The van der Waals surface area contributed by atoms with Crippen molar-refractivity contribution < 1.29 is 17.9 Å². The summed E-state index contributed by atoms with van der Waals surface area (Å²) in [7, 11) is 1.68. The van der Waals surface area contributed by atoms with Gasteiger partial charge in [-0.05, 0) is 24.1 Å². The highest BCUT2D eigenvalue weighted by Gasteiger charge is 2.23. The first-order chi connectivity index (χ1) is 13.5. The molecule has 2 rings (SSSR count). The molecule has 8 nitrogen and oxygen atoms in total. The zero-order chi connectivity index (χ0) is 20.4. The average molecular weight is 559 g/mol. The van der Waals surface area contributed by atoms with E-state index in [2.05, 4.69) is 15.6 Å². The maximum atomic E-state index is 12.4. The highest BCUT2D eigenvalue weighted by molar-refractivity contribution is 14.0. The van der Waals surface area contributed by atoms with Crippen molar-refractivity contribution in [2.45, 2.75) is 6.42 Å². The summed E-state index contributed by atoms with van der Waals surface area (Å²) in [5, 5.41) is 6.28. The molecule has 166 valence electrons. The maximum Gasteiger partial charge on any atom is 0.215 e. The summed E-state index contributed by atoms with van der Waals surface area (Å²) in [6.45, 7) is 2.18. The standard InChI is InChI=1S/C18H30N4O4S2.HI/c1-19-18(21-8-13-28(23,24)22-9-11-27-12-10-22)20-7-6-15-4-5-16(25-2)17(14-15)26-3;/h4-5,14H,6-13H2,1-3H3,(H2,19,20,21);1H. The lowest BCUT2D eigenvalue weighted by molar-refractivity contribution is 0.354. The van der Waals surface area contributed by atoms with E-state index < -0.39 is 10.0 Å². The summed E-state index contributed by atoms with van der Waals surface area (Å²) in [6, 6.07) is 5.81. The molecule has 0 bridgehead atoms. The lowest BCUT2D eigenvalue weighted by Gasteiger charge is -2.25. The van der Waals surface area contributed by atoms with Crippen LogP contribution < -0.4 is 20.1 Å².